The minimum atomic E-state index is 0.138. The molecule has 3 nitrogen and oxygen atoms in total. The molecule has 6 heteroatoms. The highest BCUT2D eigenvalue weighted by atomic mass is 35.5. The van der Waals surface area contributed by atoms with E-state index in [0.717, 1.165) is 29.3 Å². The van der Waals surface area contributed by atoms with Gasteiger partial charge in [-0.05, 0) is 31.4 Å². The first-order valence-corrected chi connectivity index (χ1v) is 7.61. The number of amides is 1. The third-order valence-electron chi connectivity index (χ3n) is 2.97. The summed E-state index contributed by atoms with van der Waals surface area (Å²) in [4.78, 5) is 11.4. The van der Waals surface area contributed by atoms with Gasteiger partial charge in [-0.2, -0.15) is 0 Å². The number of hydrogen-bond acceptors (Lipinski definition) is 3. The van der Waals surface area contributed by atoms with Crippen LogP contribution >= 0.6 is 34.5 Å². The summed E-state index contributed by atoms with van der Waals surface area (Å²) in [7, 11) is 0. The molecule has 1 unspecified atom stereocenters. The zero-order chi connectivity index (χ0) is 13.1. The summed E-state index contributed by atoms with van der Waals surface area (Å²) in [5.41, 5.74) is 1.01. The molecule has 0 aromatic carbocycles. The topological polar surface area (TPSA) is 41.1 Å². The highest BCUT2D eigenvalue weighted by Gasteiger charge is 2.28. The van der Waals surface area contributed by atoms with E-state index < -0.39 is 0 Å². The van der Waals surface area contributed by atoms with Crippen molar-refractivity contribution in [2.45, 2.75) is 25.8 Å². The van der Waals surface area contributed by atoms with Crippen molar-refractivity contribution in [3.8, 4) is 0 Å². The number of thiophene rings is 1. The summed E-state index contributed by atoms with van der Waals surface area (Å²) in [6.45, 7) is 3.41. The van der Waals surface area contributed by atoms with Crippen molar-refractivity contribution < 1.29 is 4.79 Å². The monoisotopic (exact) mass is 306 g/mol. The van der Waals surface area contributed by atoms with Crippen molar-refractivity contribution in [3.05, 3.63) is 20.3 Å². The Balaban J connectivity index is 1.69. The molecule has 0 bridgehead atoms. The summed E-state index contributed by atoms with van der Waals surface area (Å²) in [6, 6.07) is 2.02. The number of carbonyl (C=O) groups excluding carboxylic acids is 1. The van der Waals surface area contributed by atoms with Gasteiger partial charge in [0.05, 0.1) is 8.67 Å². The SMILES string of the molecule is CC(NCCNC(=O)C1CC1)c1cc(Cl)sc1Cl. The van der Waals surface area contributed by atoms with Crippen LogP contribution in [0.2, 0.25) is 8.67 Å². The van der Waals surface area contributed by atoms with E-state index in [4.69, 9.17) is 23.2 Å². The lowest BCUT2D eigenvalue weighted by molar-refractivity contribution is -0.122. The summed E-state index contributed by atoms with van der Waals surface area (Å²) in [5, 5.41) is 6.23. The molecule has 2 N–H and O–H groups in total. The van der Waals surface area contributed by atoms with Crippen LogP contribution in [0.3, 0.4) is 0 Å². The van der Waals surface area contributed by atoms with Crippen LogP contribution in [0.4, 0.5) is 0 Å². The lowest BCUT2D eigenvalue weighted by Crippen LogP contribution is -2.33. The third-order valence-corrected chi connectivity index (χ3v) is 4.49. The zero-order valence-electron chi connectivity index (χ0n) is 10.1. The zero-order valence-corrected chi connectivity index (χ0v) is 12.5. The van der Waals surface area contributed by atoms with Gasteiger partial charge in [-0.15, -0.1) is 11.3 Å². The largest absolute Gasteiger partial charge is 0.355 e. The number of carbonyl (C=O) groups is 1. The van der Waals surface area contributed by atoms with Gasteiger partial charge in [-0.3, -0.25) is 4.79 Å². The van der Waals surface area contributed by atoms with Crippen molar-refractivity contribution >= 4 is 40.4 Å². The minimum absolute atomic E-state index is 0.138. The first-order chi connectivity index (χ1) is 8.58. The fourth-order valence-corrected chi connectivity index (χ4v) is 3.37. The number of rotatable bonds is 6. The molecular weight excluding hydrogens is 291 g/mol. The molecule has 1 saturated carbocycles. The molecule has 1 heterocycles. The van der Waals surface area contributed by atoms with Gasteiger partial charge >= 0.3 is 0 Å². The Kier molecular flexibility index (Phi) is 4.90. The maximum Gasteiger partial charge on any atom is 0.223 e. The van der Waals surface area contributed by atoms with E-state index in [1.807, 2.05) is 13.0 Å². The molecule has 0 radical (unpaired) electrons. The second-order valence-electron chi connectivity index (χ2n) is 4.52. The van der Waals surface area contributed by atoms with E-state index in [1.165, 1.54) is 11.3 Å². The van der Waals surface area contributed by atoms with Gasteiger partial charge in [0.2, 0.25) is 5.91 Å². The fraction of sp³-hybridized carbons (Fsp3) is 0.583. The van der Waals surface area contributed by atoms with Crippen LogP contribution in [0.15, 0.2) is 6.07 Å². The van der Waals surface area contributed by atoms with Gasteiger partial charge < -0.3 is 10.6 Å². The molecule has 0 saturated heterocycles. The van der Waals surface area contributed by atoms with Crippen LogP contribution in [0.25, 0.3) is 0 Å². The quantitative estimate of drug-likeness (QED) is 0.792. The fourth-order valence-electron chi connectivity index (χ4n) is 1.72. The standard InChI is InChI=1S/C12H16Cl2N2OS/c1-7(9-6-10(13)18-11(9)14)15-4-5-16-12(17)8-2-3-8/h6-8,15H,2-5H2,1H3,(H,16,17). The molecule has 1 atom stereocenters. The Morgan fingerprint density at radius 3 is 2.78 bits per heavy atom. The summed E-state index contributed by atoms with van der Waals surface area (Å²) >= 11 is 13.4. The van der Waals surface area contributed by atoms with Crippen molar-refractivity contribution in [2.24, 2.45) is 5.92 Å². The molecule has 0 spiro atoms. The van der Waals surface area contributed by atoms with Gasteiger partial charge in [-0.1, -0.05) is 23.2 Å². The van der Waals surface area contributed by atoms with Crippen LogP contribution in [0.5, 0.6) is 0 Å². The molecule has 1 aromatic heterocycles. The van der Waals surface area contributed by atoms with Gasteiger partial charge in [-0.25, -0.2) is 0 Å². The van der Waals surface area contributed by atoms with Gasteiger partial charge in [0.15, 0.2) is 0 Å². The van der Waals surface area contributed by atoms with Crippen LogP contribution in [0, 0.1) is 5.92 Å². The predicted molar refractivity (Wildman–Crippen MR) is 76.5 cm³/mol. The summed E-state index contributed by atoms with van der Waals surface area (Å²) in [6.07, 6.45) is 2.08. The smallest absolute Gasteiger partial charge is 0.223 e. The van der Waals surface area contributed by atoms with Gasteiger partial charge in [0.1, 0.15) is 0 Å². The third kappa shape index (κ3) is 3.85. The Morgan fingerprint density at radius 2 is 2.22 bits per heavy atom. The van der Waals surface area contributed by atoms with E-state index in [-0.39, 0.29) is 17.9 Å². The average Bonchev–Trinajstić information content (AvgIpc) is 3.10. The molecule has 1 aliphatic rings. The van der Waals surface area contributed by atoms with Crippen molar-refractivity contribution in [1.29, 1.82) is 0 Å². The molecular formula is C12H16Cl2N2OS. The highest BCUT2D eigenvalue weighted by molar-refractivity contribution is 7.20. The lowest BCUT2D eigenvalue weighted by atomic mass is 10.2. The molecule has 0 aliphatic heterocycles. The van der Waals surface area contributed by atoms with E-state index in [2.05, 4.69) is 10.6 Å². The Bertz CT molecular complexity index is 432. The molecule has 18 heavy (non-hydrogen) atoms. The number of nitrogens with one attached hydrogen (secondary N) is 2. The molecule has 2 rings (SSSR count). The summed E-state index contributed by atoms with van der Waals surface area (Å²) in [5.74, 6) is 0.452. The Hall–Kier alpha value is -0.290. The normalized spacial score (nSPS) is 16.6. The Labute approximate surface area is 121 Å². The molecule has 1 aliphatic carbocycles. The average molecular weight is 307 g/mol. The maximum absolute atomic E-state index is 11.4. The second-order valence-corrected chi connectivity index (χ2v) is 6.81. The van der Waals surface area contributed by atoms with E-state index in [1.54, 1.807) is 0 Å². The van der Waals surface area contributed by atoms with Gasteiger partial charge in [0.25, 0.3) is 0 Å². The molecule has 1 fully saturated rings. The molecule has 100 valence electrons. The lowest BCUT2D eigenvalue weighted by Gasteiger charge is -2.13. The van der Waals surface area contributed by atoms with Crippen molar-refractivity contribution in [3.63, 3.8) is 0 Å². The highest BCUT2D eigenvalue weighted by Crippen LogP contribution is 2.34. The van der Waals surface area contributed by atoms with E-state index in [0.29, 0.717) is 10.9 Å². The minimum Gasteiger partial charge on any atom is -0.355 e. The van der Waals surface area contributed by atoms with Crippen molar-refractivity contribution in [1.82, 2.24) is 10.6 Å². The Morgan fingerprint density at radius 1 is 1.50 bits per heavy atom. The van der Waals surface area contributed by atoms with Crippen LogP contribution in [0.1, 0.15) is 31.4 Å². The van der Waals surface area contributed by atoms with Gasteiger partial charge in [0, 0.05) is 25.0 Å². The second kappa shape index (κ2) is 6.24. The number of halogens is 2. The number of hydrogen-bond donors (Lipinski definition) is 2. The maximum atomic E-state index is 11.4. The van der Waals surface area contributed by atoms with Crippen LogP contribution in [-0.4, -0.2) is 19.0 Å². The molecule has 1 amide bonds. The summed E-state index contributed by atoms with van der Waals surface area (Å²) < 4.78 is 1.42. The van der Waals surface area contributed by atoms with Crippen molar-refractivity contribution in [2.75, 3.05) is 13.1 Å². The predicted octanol–water partition coefficient (Wildman–Crippen LogP) is 3.23. The molecule has 1 aromatic rings. The van der Waals surface area contributed by atoms with E-state index in [9.17, 15) is 4.79 Å². The van der Waals surface area contributed by atoms with Crippen LogP contribution < -0.4 is 10.6 Å². The van der Waals surface area contributed by atoms with Crippen LogP contribution in [-0.2, 0) is 4.79 Å². The van der Waals surface area contributed by atoms with E-state index >= 15 is 0 Å². The first kappa shape index (κ1) is 14.1. The first-order valence-electron chi connectivity index (χ1n) is 6.03.